The van der Waals surface area contributed by atoms with Gasteiger partial charge in [-0.3, -0.25) is 14.9 Å². The highest BCUT2D eigenvalue weighted by molar-refractivity contribution is 7.98. The molecule has 1 atom stereocenters. The van der Waals surface area contributed by atoms with Crippen molar-refractivity contribution in [3.05, 3.63) is 86.9 Å². The van der Waals surface area contributed by atoms with Gasteiger partial charge in [-0.1, -0.05) is 49.9 Å². The van der Waals surface area contributed by atoms with E-state index >= 15 is 0 Å². The number of aromatic nitrogens is 3. The molecule has 174 valence electrons. The van der Waals surface area contributed by atoms with Crippen LogP contribution in [0.15, 0.2) is 65.0 Å². The van der Waals surface area contributed by atoms with E-state index < -0.39 is 11.0 Å². The molecule has 2 aliphatic rings. The SMILES string of the molecule is CC1(C)CC(=O)C2=C(C1)Nc1nc(SCc3cccc(F)c3)nn1C2c1cccc([N+](=O)[O-])c1. The molecule has 1 unspecified atom stereocenters. The number of nitrogens with one attached hydrogen (secondary N) is 1. The monoisotopic (exact) mass is 479 g/mol. The lowest BCUT2D eigenvalue weighted by atomic mass is 9.73. The van der Waals surface area contributed by atoms with Gasteiger partial charge >= 0.3 is 0 Å². The molecule has 1 N–H and O–H groups in total. The number of ketones is 1. The summed E-state index contributed by atoms with van der Waals surface area (Å²) in [6.07, 6.45) is 1.03. The molecular weight excluding hydrogens is 457 g/mol. The van der Waals surface area contributed by atoms with Crippen LogP contribution in [0.25, 0.3) is 0 Å². The molecule has 1 aliphatic carbocycles. The van der Waals surface area contributed by atoms with E-state index in [0.717, 1.165) is 11.3 Å². The first kappa shape index (κ1) is 22.3. The van der Waals surface area contributed by atoms with Gasteiger partial charge in [0, 0.05) is 35.6 Å². The van der Waals surface area contributed by atoms with E-state index in [-0.39, 0.29) is 22.7 Å². The van der Waals surface area contributed by atoms with Crippen LogP contribution in [0.5, 0.6) is 0 Å². The largest absolute Gasteiger partial charge is 0.328 e. The Morgan fingerprint density at radius 1 is 1.24 bits per heavy atom. The Morgan fingerprint density at radius 3 is 2.79 bits per heavy atom. The minimum Gasteiger partial charge on any atom is -0.328 e. The molecule has 0 bridgehead atoms. The van der Waals surface area contributed by atoms with E-state index in [2.05, 4.69) is 15.4 Å². The smallest absolute Gasteiger partial charge is 0.269 e. The van der Waals surface area contributed by atoms with Gasteiger partial charge in [0.15, 0.2) is 5.78 Å². The molecule has 8 nitrogen and oxygen atoms in total. The van der Waals surface area contributed by atoms with E-state index in [1.165, 1.54) is 36.0 Å². The Kier molecular flexibility index (Phi) is 5.47. The molecule has 2 heterocycles. The molecule has 1 aromatic heterocycles. The van der Waals surface area contributed by atoms with Crippen LogP contribution >= 0.6 is 11.8 Å². The molecule has 2 aromatic carbocycles. The van der Waals surface area contributed by atoms with E-state index in [1.54, 1.807) is 22.9 Å². The standard InChI is InChI=1S/C24H22FN5O3S/c1-24(2)11-18-20(19(31)12-24)21(15-6-4-8-17(10-15)30(32)33)29-22(26-18)27-23(28-29)34-13-14-5-3-7-16(25)9-14/h3-10,21H,11-13H2,1-2H3,(H,26,27,28). The first-order valence-electron chi connectivity index (χ1n) is 10.8. The van der Waals surface area contributed by atoms with Gasteiger partial charge < -0.3 is 5.32 Å². The molecule has 0 fully saturated rings. The molecule has 0 radical (unpaired) electrons. The van der Waals surface area contributed by atoms with Crippen LogP contribution in [-0.4, -0.2) is 25.5 Å². The van der Waals surface area contributed by atoms with Crippen molar-refractivity contribution in [3.8, 4) is 0 Å². The topological polar surface area (TPSA) is 103 Å². The third kappa shape index (κ3) is 4.21. The van der Waals surface area contributed by atoms with Crippen LogP contribution in [0.2, 0.25) is 0 Å². The number of rotatable bonds is 5. The maximum atomic E-state index is 13.5. The van der Waals surface area contributed by atoms with Crippen molar-refractivity contribution in [2.24, 2.45) is 5.41 Å². The van der Waals surface area contributed by atoms with Gasteiger partial charge in [0.25, 0.3) is 5.69 Å². The number of anilines is 1. The molecule has 0 amide bonds. The van der Waals surface area contributed by atoms with Gasteiger partial charge in [-0.2, -0.15) is 4.98 Å². The van der Waals surface area contributed by atoms with E-state index in [0.29, 0.717) is 40.8 Å². The number of non-ortho nitro benzene ring substituents is 1. The summed E-state index contributed by atoms with van der Waals surface area (Å²) in [5.41, 5.74) is 2.48. The van der Waals surface area contributed by atoms with Crippen molar-refractivity contribution in [2.75, 3.05) is 5.32 Å². The Labute approximate surface area is 199 Å². The van der Waals surface area contributed by atoms with Crippen molar-refractivity contribution < 1.29 is 14.1 Å². The average molecular weight is 480 g/mol. The number of thioether (sulfide) groups is 1. The molecule has 34 heavy (non-hydrogen) atoms. The molecular formula is C24H22FN5O3S. The number of hydrogen-bond donors (Lipinski definition) is 1. The highest BCUT2D eigenvalue weighted by atomic mass is 32.2. The second-order valence-electron chi connectivity index (χ2n) is 9.29. The Balaban J connectivity index is 1.55. The number of halogens is 1. The highest BCUT2D eigenvalue weighted by Crippen LogP contribution is 2.46. The lowest BCUT2D eigenvalue weighted by molar-refractivity contribution is -0.384. The normalized spacial score (nSPS) is 18.8. The number of Topliss-reactive ketones (excluding diaryl/α,β-unsaturated/α-hetero) is 1. The highest BCUT2D eigenvalue weighted by Gasteiger charge is 2.42. The summed E-state index contributed by atoms with van der Waals surface area (Å²) in [6.45, 7) is 4.08. The van der Waals surface area contributed by atoms with E-state index in [1.807, 2.05) is 19.9 Å². The van der Waals surface area contributed by atoms with Crippen LogP contribution in [0.3, 0.4) is 0 Å². The third-order valence-electron chi connectivity index (χ3n) is 5.97. The lowest BCUT2D eigenvalue weighted by Gasteiger charge is -2.38. The number of benzene rings is 2. The molecule has 5 rings (SSSR count). The van der Waals surface area contributed by atoms with Crippen LogP contribution in [-0.2, 0) is 10.5 Å². The summed E-state index contributed by atoms with van der Waals surface area (Å²) in [5, 5.41) is 19.8. The minimum atomic E-state index is -0.620. The molecule has 0 saturated carbocycles. The van der Waals surface area contributed by atoms with Crippen LogP contribution in [0.1, 0.15) is 43.9 Å². The first-order valence-corrected chi connectivity index (χ1v) is 11.8. The summed E-state index contributed by atoms with van der Waals surface area (Å²) < 4.78 is 15.2. The summed E-state index contributed by atoms with van der Waals surface area (Å²) in [5.74, 6) is 0.635. The van der Waals surface area contributed by atoms with Crippen LogP contribution in [0, 0.1) is 21.3 Å². The van der Waals surface area contributed by atoms with Crippen molar-refractivity contribution in [1.82, 2.24) is 14.8 Å². The fourth-order valence-electron chi connectivity index (χ4n) is 4.54. The predicted molar refractivity (Wildman–Crippen MR) is 126 cm³/mol. The summed E-state index contributed by atoms with van der Waals surface area (Å²) in [4.78, 5) is 28.8. The minimum absolute atomic E-state index is 0.00892. The maximum Gasteiger partial charge on any atom is 0.269 e. The molecule has 0 saturated heterocycles. The quantitative estimate of drug-likeness (QED) is 0.302. The molecule has 0 spiro atoms. The van der Waals surface area contributed by atoms with E-state index in [9.17, 15) is 19.3 Å². The zero-order valence-electron chi connectivity index (χ0n) is 18.6. The van der Waals surface area contributed by atoms with Gasteiger partial charge in [0.1, 0.15) is 11.9 Å². The molecule has 3 aromatic rings. The van der Waals surface area contributed by atoms with E-state index in [4.69, 9.17) is 0 Å². The predicted octanol–water partition coefficient (Wildman–Crippen LogP) is 5.28. The van der Waals surface area contributed by atoms with Gasteiger partial charge in [0.05, 0.1) is 4.92 Å². The molecule has 10 heteroatoms. The van der Waals surface area contributed by atoms with Gasteiger partial charge in [0.2, 0.25) is 11.1 Å². The second kappa shape index (κ2) is 8.35. The number of carbonyl (C=O) groups excluding carboxylic acids is 1. The fourth-order valence-corrected chi connectivity index (χ4v) is 5.31. The maximum absolute atomic E-state index is 13.5. The number of allylic oxidation sites excluding steroid dienone is 2. The van der Waals surface area contributed by atoms with Gasteiger partial charge in [-0.25, -0.2) is 9.07 Å². The third-order valence-corrected chi connectivity index (χ3v) is 6.88. The number of carbonyl (C=O) groups is 1. The summed E-state index contributed by atoms with van der Waals surface area (Å²) >= 11 is 1.35. The molecule has 1 aliphatic heterocycles. The van der Waals surface area contributed by atoms with Crippen molar-refractivity contribution in [3.63, 3.8) is 0 Å². The number of nitrogens with zero attached hydrogens (tertiary/aromatic N) is 4. The number of nitro groups is 1. The first-order chi connectivity index (χ1) is 16.2. The van der Waals surface area contributed by atoms with Gasteiger partial charge in [-0.05, 0) is 35.1 Å². The van der Waals surface area contributed by atoms with Crippen molar-refractivity contribution in [2.45, 2.75) is 43.6 Å². The van der Waals surface area contributed by atoms with Crippen molar-refractivity contribution >= 4 is 29.2 Å². The Hall–Kier alpha value is -3.53. The second-order valence-corrected chi connectivity index (χ2v) is 10.2. The summed E-state index contributed by atoms with van der Waals surface area (Å²) in [7, 11) is 0. The lowest BCUT2D eigenvalue weighted by Crippen LogP contribution is -2.36. The fraction of sp³-hybridized carbons (Fsp3) is 0.292. The number of nitro benzene ring substituents is 1. The van der Waals surface area contributed by atoms with Crippen LogP contribution in [0.4, 0.5) is 16.0 Å². The summed E-state index contributed by atoms with van der Waals surface area (Å²) in [6, 6.07) is 12.0. The van der Waals surface area contributed by atoms with Crippen LogP contribution < -0.4 is 5.32 Å². The Morgan fingerprint density at radius 2 is 2.03 bits per heavy atom. The van der Waals surface area contributed by atoms with Gasteiger partial charge in [-0.15, -0.1) is 5.10 Å². The van der Waals surface area contributed by atoms with Crippen molar-refractivity contribution in [1.29, 1.82) is 0 Å². The average Bonchev–Trinajstić information content (AvgIpc) is 3.18. The number of fused-ring (bicyclic) bond motifs is 1. The zero-order chi connectivity index (χ0) is 24.0. The Bertz CT molecular complexity index is 1350. The number of hydrogen-bond acceptors (Lipinski definition) is 7. The zero-order valence-corrected chi connectivity index (χ0v) is 19.4.